The Morgan fingerprint density at radius 3 is 2.53 bits per heavy atom. The molecule has 0 bridgehead atoms. The van der Waals surface area contributed by atoms with Gasteiger partial charge in [0.05, 0.1) is 0 Å². The highest BCUT2D eigenvalue weighted by molar-refractivity contribution is 5.68. The number of hydrogen-bond donors (Lipinski definition) is 2. The standard InChI is InChI=1S/C13H24N2O2/c1-5-6-7-14-10-8-11(9-10)15-12(16)17-13(2,3)4/h5-6,10-11,14H,7-9H2,1-4H3,(H,15,16)/b6-5+. The van der Waals surface area contributed by atoms with E-state index in [2.05, 4.69) is 16.7 Å². The molecule has 1 rings (SSSR count). The molecule has 0 radical (unpaired) electrons. The number of nitrogens with one attached hydrogen (secondary N) is 2. The number of carbonyl (C=O) groups excluding carboxylic acids is 1. The van der Waals surface area contributed by atoms with Gasteiger partial charge in [0.2, 0.25) is 0 Å². The first-order chi connectivity index (χ1) is 7.90. The van der Waals surface area contributed by atoms with Crippen molar-refractivity contribution in [3.05, 3.63) is 12.2 Å². The molecule has 0 atom stereocenters. The summed E-state index contributed by atoms with van der Waals surface area (Å²) in [6.07, 6.45) is 5.78. The molecule has 98 valence electrons. The summed E-state index contributed by atoms with van der Waals surface area (Å²) in [5, 5.41) is 6.27. The van der Waals surface area contributed by atoms with Crippen LogP contribution in [0.15, 0.2) is 12.2 Å². The number of rotatable bonds is 4. The fourth-order valence-corrected chi connectivity index (χ4v) is 1.73. The molecule has 17 heavy (non-hydrogen) atoms. The van der Waals surface area contributed by atoms with Crippen molar-refractivity contribution < 1.29 is 9.53 Å². The van der Waals surface area contributed by atoms with Crippen LogP contribution in [0.25, 0.3) is 0 Å². The third-order valence-electron chi connectivity index (χ3n) is 2.62. The minimum absolute atomic E-state index is 0.257. The van der Waals surface area contributed by atoms with Crippen LogP contribution in [0.5, 0.6) is 0 Å². The Morgan fingerprint density at radius 1 is 1.35 bits per heavy atom. The predicted octanol–water partition coefficient (Wildman–Crippen LogP) is 2.21. The maximum Gasteiger partial charge on any atom is 0.407 e. The average Bonchev–Trinajstić information content (AvgIpc) is 2.10. The van der Waals surface area contributed by atoms with Crippen molar-refractivity contribution >= 4 is 6.09 Å². The van der Waals surface area contributed by atoms with E-state index in [4.69, 9.17) is 4.74 Å². The van der Waals surface area contributed by atoms with Gasteiger partial charge in [0.15, 0.2) is 0 Å². The quantitative estimate of drug-likeness (QED) is 0.741. The highest BCUT2D eigenvalue weighted by atomic mass is 16.6. The monoisotopic (exact) mass is 240 g/mol. The van der Waals surface area contributed by atoms with Gasteiger partial charge in [0.25, 0.3) is 0 Å². The van der Waals surface area contributed by atoms with Crippen LogP contribution in [-0.4, -0.2) is 30.3 Å². The van der Waals surface area contributed by atoms with Crippen molar-refractivity contribution in [3.8, 4) is 0 Å². The van der Waals surface area contributed by atoms with E-state index in [9.17, 15) is 4.79 Å². The summed E-state index contributed by atoms with van der Waals surface area (Å²) in [5.41, 5.74) is -0.419. The number of ether oxygens (including phenoxy) is 1. The summed E-state index contributed by atoms with van der Waals surface area (Å²) >= 11 is 0. The van der Waals surface area contributed by atoms with Crippen molar-refractivity contribution in [2.45, 2.75) is 58.2 Å². The first-order valence-electron chi connectivity index (χ1n) is 6.25. The van der Waals surface area contributed by atoms with Crippen LogP contribution in [-0.2, 0) is 4.74 Å². The van der Waals surface area contributed by atoms with Gasteiger partial charge >= 0.3 is 6.09 Å². The summed E-state index contributed by atoms with van der Waals surface area (Å²) in [5.74, 6) is 0. The van der Waals surface area contributed by atoms with Gasteiger partial charge in [-0.05, 0) is 40.5 Å². The molecular weight excluding hydrogens is 216 g/mol. The Labute approximate surface area is 104 Å². The Morgan fingerprint density at radius 2 is 2.00 bits per heavy atom. The van der Waals surface area contributed by atoms with Gasteiger partial charge in [-0.15, -0.1) is 0 Å². The summed E-state index contributed by atoms with van der Waals surface area (Å²) in [6, 6.07) is 0.777. The molecule has 4 nitrogen and oxygen atoms in total. The van der Waals surface area contributed by atoms with Gasteiger partial charge in [-0.25, -0.2) is 4.79 Å². The average molecular weight is 240 g/mol. The van der Waals surface area contributed by atoms with Gasteiger partial charge in [-0.2, -0.15) is 0 Å². The molecule has 1 aliphatic carbocycles. The number of carbonyl (C=O) groups is 1. The molecule has 0 spiro atoms. The molecule has 0 heterocycles. The maximum absolute atomic E-state index is 11.5. The van der Waals surface area contributed by atoms with E-state index >= 15 is 0 Å². The number of amides is 1. The molecule has 0 aromatic heterocycles. The summed E-state index contributed by atoms with van der Waals surface area (Å²) in [6.45, 7) is 8.52. The summed E-state index contributed by atoms with van der Waals surface area (Å²) in [4.78, 5) is 11.5. The zero-order valence-corrected chi connectivity index (χ0v) is 11.2. The summed E-state index contributed by atoms with van der Waals surface area (Å²) in [7, 11) is 0. The van der Waals surface area contributed by atoms with Crippen molar-refractivity contribution in [2.75, 3.05) is 6.54 Å². The minimum Gasteiger partial charge on any atom is -0.444 e. The Kier molecular flexibility index (Phi) is 5.00. The highest BCUT2D eigenvalue weighted by Gasteiger charge is 2.30. The molecule has 4 heteroatoms. The molecule has 0 aliphatic heterocycles. The molecule has 0 aromatic rings. The van der Waals surface area contributed by atoms with Gasteiger partial charge in [0, 0.05) is 18.6 Å². The van der Waals surface area contributed by atoms with Crippen molar-refractivity contribution in [1.82, 2.24) is 10.6 Å². The second-order valence-electron chi connectivity index (χ2n) is 5.49. The van der Waals surface area contributed by atoms with E-state index in [0.29, 0.717) is 6.04 Å². The van der Waals surface area contributed by atoms with Crippen LogP contribution < -0.4 is 10.6 Å². The van der Waals surface area contributed by atoms with Crippen molar-refractivity contribution in [2.24, 2.45) is 0 Å². The van der Waals surface area contributed by atoms with E-state index in [1.807, 2.05) is 33.8 Å². The van der Waals surface area contributed by atoms with Crippen LogP contribution in [0.4, 0.5) is 4.79 Å². The smallest absolute Gasteiger partial charge is 0.407 e. The molecule has 0 saturated heterocycles. The molecule has 0 unspecified atom stereocenters. The Bertz CT molecular complexity index is 276. The zero-order valence-electron chi connectivity index (χ0n) is 11.2. The number of allylic oxidation sites excluding steroid dienone is 1. The fourth-order valence-electron chi connectivity index (χ4n) is 1.73. The van der Waals surface area contributed by atoms with Gasteiger partial charge in [-0.3, -0.25) is 0 Å². The summed E-state index contributed by atoms with van der Waals surface area (Å²) < 4.78 is 5.20. The molecule has 2 N–H and O–H groups in total. The van der Waals surface area contributed by atoms with E-state index in [-0.39, 0.29) is 12.1 Å². The Balaban J connectivity index is 2.10. The third-order valence-corrected chi connectivity index (χ3v) is 2.62. The number of alkyl carbamates (subject to hydrolysis) is 1. The molecule has 1 saturated carbocycles. The Hall–Kier alpha value is -1.03. The largest absolute Gasteiger partial charge is 0.444 e. The second kappa shape index (κ2) is 6.05. The minimum atomic E-state index is -0.419. The van der Waals surface area contributed by atoms with Crippen LogP contribution in [0.3, 0.4) is 0 Å². The molecule has 0 aromatic carbocycles. The van der Waals surface area contributed by atoms with Crippen LogP contribution in [0.1, 0.15) is 40.5 Å². The van der Waals surface area contributed by atoms with Crippen LogP contribution in [0.2, 0.25) is 0 Å². The lowest BCUT2D eigenvalue weighted by molar-refractivity contribution is 0.0466. The first-order valence-corrected chi connectivity index (χ1v) is 6.25. The third kappa shape index (κ3) is 5.73. The second-order valence-corrected chi connectivity index (χ2v) is 5.49. The van der Waals surface area contributed by atoms with E-state index < -0.39 is 5.60 Å². The predicted molar refractivity (Wildman–Crippen MR) is 69.0 cm³/mol. The van der Waals surface area contributed by atoms with Gasteiger partial charge in [0.1, 0.15) is 5.60 Å². The lowest BCUT2D eigenvalue weighted by Crippen LogP contribution is -2.53. The van der Waals surface area contributed by atoms with E-state index in [0.717, 1.165) is 19.4 Å². The molecule has 1 aliphatic rings. The van der Waals surface area contributed by atoms with E-state index in [1.165, 1.54) is 0 Å². The van der Waals surface area contributed by atoms with Gasteiger partial charge in [-0.1, -0.05) is 12.2 Å². The topological polar surface area (TPSA) is 50.4 Å². The highest BCUT2D eigenvalue weighted by Crippen LogP contribution is 2.20. The number of hydrogen-bond acceptors (Lipinski definition) is 3. The zero-order chi connectivity index (χ0) is 12.9. The first kappa shape index (κ1) is 14.0. The normalized spacial score (nSPS) is 24.5. The fraction of sp³-hybridized carbons (Fsp3) is 0.769. The van der Waals surface area contributed by atoms with E-state index in [1.54, 1.807) is 0 Å². The maximum atomic E-state index is 11.5. The molecule has 1 fully saturated rings. The molecular formula is C13H24N2O2. The molecule has 1 amide bonds. The van der Waals surface area contributed by atoms with Crippen molar-refractivity contribution in [3.63, 3.8) is 0 Å². The SMILES string of the molecule is C/C=C/CNC1CC(NC(=O)OC(C)(C)C)C1. The lowest BCUT2D eigenvalue weighted by Gasteiger charge is -2.36. The lowest BCUT2D eigenvalue weighted by atomic mass is 9.87. The van der Waals surface area contributed by atoms with Crippen LogP contribution in [0, 0.1) is 0 Å². The van der Waals surface area contributed by atoms with Crippen molar-refractivity contribution in [1.29, 1.82) is 0 Å². The van der Waals surface area contributed by atoms with Gasteiger partial charge < -0.3 is 15.4 Å². The van der Waals surface area contributed by atoms with Crippen LogP contribution >= 0.6 is 0 Å².